The SMILES string of the molecule is C.Cc1cc(OC[C@H]2CCCN([C@@H](C)c3nc4c(cc3F)CCO4)C2)cc(C)n1.S. The molecule has 1 saturated heterocycles. The minimum atomic E-state index is -0.224. The predicted molar refractivity (Wildman–Crippen MR) is 122 cm³/mol. The molecule has 0 saturated carbocycles. The van der Waals surface area contributed by atoms with Crippen molar-refractivity contribution in [3.8, 4) is 11.6 Å². The van der Waals surface area contributed by atoms with Crippen molar-refractivity contribution in [2.45, 2.75) is 53.5 Å². The lowest BCUT2D eigenvalue weighted by molar-refractivity contribution is 0.0974. The zero-order chi connectivity index (χ0) is 19.7. The first kappa shape index (κ1) is 24.4. The van der Waals surface area contributed by atoms with Gasteiger partial charge in [-0.3, -0.25) is 9.88 Å². The first-order chi connectivity index (χ1) is 13.5. The van der Waals surface area contributed by atoms with Crippen molar-refractivity contribution >= 4 is 13.5 Å². The van der Waals surface area contributed by atoms with E-state index in [1.807, 2.05) is 32.9 Å². The zero-order valence-corrected chi connectivity index (χ0v) is 18.4. The lowest BCUT2D eigenvalue weighted by Gasteiger charge is -2.36. The number of piperidine rings is 1. The molecule has 0 radical (unpaired) electrons. The van der Waals surface area contributed by atoms with Crippen LogP contribution in [0.3, 0.4) is 0 Å². The second kappa shape index (κ2) is 10.4. The van der Waals surface area contributed by atoms with E-state index in [2.05, 4.69) is 14.9 Å². The van der Waals surface area contributed by atoms with Crippen molar-refractivity contribution < 1.29 is 13.9 Å². The summed E-state index contributed by atoms with van der Waals surface area (Å²) in [4.78, 5) is 11.2. The summed E-state index contributed by atoms with van der Waals surface area (Å²) in [6, 6.07) is 5.46. The molecule has 2 atom stereocenters. The number of nitrogens with zero attached hydrogens (tertiary/aromatic N) is 3. The molecule has 7 heteroatoms. The zero-order valence-electron chi connectivity index (χ0n) is 17.4. The normalized spacial score (nSPS) is 19.1. The fraction of sp³-hybridized carbons (Fsp3) is 0.565. The molecule has 5 nitrogen and oxygen atoms in total. The number of hydrogen-bond acceptors (Lipinski definition) is 5. The number of ether oxygens (including phenoxy) is 2. The summed E-state index contributed by atoms with van der Waals surface area (Å²) in [7, 11) is 0. The van der Waals surface area contributed by atoms with Crippen molar-refractivity contribution in [3.63, 3.8) is 0 Å². The topological polar surface area (TPSA) is 47.5 Å². The van der Waals surface area contributed by atoms with E-state index in [4.69, 9.17) is 9.47 Å². The van der Waals surface area contributed by atoms with E-state index in [0.717, 1.165) is 55.1 Å². The molecule has 0 aliphatic carbocycles. The lowest BCUT2D eigenvalue weighted by atomic mass is 9.96. The van der Waals surface area contributed by atoms with E-state index in [1.54, 1.807) is 6.07 Å². The second-order valence-electron chi connectivity index (χ2n) is 7.99. The van der Waals surface area contributed by atoms with Gasteiger partial charge in [0, 0.05) is 48.0 Å². The fourth-order valence-corrected chi connectivity index (χ4v) is 4.23. The molecule has 0 spiro atoms. The standard InChI is InChI=1S/C22H28FN3O2.CH4.H2S/c1-14-9-19(10-15(2)24-14)28-13-17-5-4-7-26(12-17)16(3)21-20(23)11-18-6-8-27-22(18)25-21;;/h9-11,16-17H,4-8,12-13H2,1-3H3;1H4;1H2/t16-,17-;;/m0../s1. The molecule has 0 unspecified atom stereocenters. The smallest absolute Gasteiger partial charge is 0.217 e. The Kier molecular flexibility index (Phi) is 8.50. The summed E-state index contributed by atoms with van der Waals surface area (Å²) in [6.45, 7) is 9.07. The van der Waals surface area contributed by atoms with E-state index >= 15 is 0 Å². The van der Waals surface area contributed by atoms with Gasteiger partial charge in [0.1, 0.15) is 11.6 Å². The minimum absolute atomic E-state index is 0. The van der Waals surface area contributed by atoms with E-state index in [0.29, 0.717) is 30.7 Å². The maximum atomic E-state index is 14.6. The van der Waals surface area contributed by atoms with Gasteiger partial charge in [0.15, 0.2) is 0 Å². The number of aryl methyl sites for hydroxylation is 2. The van der Waals surface area contributed by atoms with Crippen LogP contribution in [-0.4, -0.2) is 41.2 Å². The number of fused-ring (bicyclic) bond motifs is 1. The Labute approximate surface area is 186 Å². The Morgan fingerprint density at radius 2 is 1.97 bits per heavy atom. The molecule has 166 valence electrons. The largest absolute Gasteiger partial charge is 0.493 e. The third kappa shape index (κ3) is 5.43. The fourth-order valence-electron chi connectivity index (χ4n) is 4.23. The van der Waals surface area contributed by atoms with Crippen LogP contribution < -0.4 is 9.47 Å². The van der Waals surface area contributed by atoms with Crippen molar-refractivity contribution in [1.29, 1.82) is 0 Å². The highest BCUT2D eigenvalue weighted by molar-refractivity contribution is 7.59. The van der Waals surface area contributed by atoms with Crippen LogP contribution in [-0.2, 0) is 6.42 Å². The Balaban J connectivity index is 0.00000160. The van der Waals surface area contributed by atoms with Gasteiger partial charge >= 0.3 is 0 Å². The highest BCUT2D eigenvalue weighted by Gasteiger charge is 2.29. The van der Waals surface area contributed by atoms with E-state index in [-0.39, 0.29) is 32.8 Å². The summed E-state index contributed by atoms with van der Waals surface area (Å²) in [5.74, 6) is 1.67. The first-order valence-electron chi connectivity index (χ1n) is 10.1. The van der Waals surface area contributed by atoms with E-state index < -0.39 is 0 Å². The van der Waals surface area contributed by atoms with E-state index in [1.165, 1.54) is 0 Å². The first-order valence-corrected chi connectivity index (χ1v) is 10.1. The molecule has 2 aliphatic heterocycles. The molecule has 0 bridgehead atoms. The third-order valence-electron chi connectivity index (χ3n) is 5.69. The van der Waals surface area contributed by atoms with Crippen molar-refractivity contribution in [2.24, 2.45) is 5.92 Å². The van der Waals surface area contributed by atoms with Crippen LogP contribution in [0.4, 0.5) is 4.39 Å². The van der Waals surface area contributed by atoms with Crippen molar-refractivity contribution in [3.05, 3.63) is 46.7 Å². The van der Waals surface area contributed by atoms with Gasteiger partial charge < -0.3 is 9.47 Å². The minimum Gasteiger partial charge on any atom is -0.493 e. The molecule has 4 rings (SSSR count). The second-order valence-corrected chi connectivity index (χ2v) is 7.99. The van der Waals surface area contributed by atoms with Gasteiger partial charge in [-0.2, -0.15) is 13.5 Å². The van der Waals surface area contributed by atoms with Crippen LogP contribution in [0, 0.1) is 25.6 Å². The molecule has 2 aliphatic rings. The van der Waals surface area contributed by atoms with Gasteiger partial charge in [0.2, 0.25) is 5.88 Å². The highest BCUT2D eigenvalue weighted by Crippen LogP contribution is 2.32. The number of rotatable bonds is 5. The molecule has 0 N–H and O–H groups in total. The maximum Gasteiger partial charge on any atom is 0.217 e. The number of halogens is 1. The molecular weight excluding hydrogens is 401 g/mol. The van der Waals surface area contributed by atoms with Crippen LogP contribution in [0.1, 0.15) is 55.9 Å². The van der Waals surface area contributed by atoms with E-state index in [9.17, 15) is 4.39 Å². The quantitative estimate of drug-likeness (QED) is 0.677. The number of pyridine rings is 2. The molecular formula is C23H34FN3O2S. The van der Waals surface area contributed by atoms with Gasteiger partial charge in [-0.1, -0.05) is 7.43 Å². The summed E-state index contributed by atoms with van der Waals surface area (Å²) >= 11 is 0. The monoisotopic (exact) mass is 435 g/mol. The highest BCUT2D eigenvalue weighted by atomic mass is 32.1. The Hall–Kier alpha value is -1.86. The number of aromatic nitrogens is 2. The molecule has 0 amide bonds. The van der Waals surface area contributed by atoms with Crippen molar-refractivity contribution in [1.82, 2.24) is 14.9 Å². The molecule has 2 aromatic rings. The molecule has 4 heterocycles. The van der Waals surface area contributed by atoms with Crippen LogP contribution >= 0.6 is 13.5 Å². The summed E-state index contributed by atoms with van der Waals surface area (Å²) < 4.78 is 26.2. The average molecular weight is 436 g/mol. The van der Waals surface area contributed by atoms with Crippen molar-refractivity contribution in [2.75, 3.05) is 26.3 Å². The Morgan fingerprint density at radius 3 is 2.70 bits per heavy atom. The van der Waals surface area contributed by atoms with Crippen LogP contribution in [0.2, 0.25) is 0 Å². The lowest BCUT2D eigenvalue weighted by Crippen LogP contribution is -2.39. The van der Waals surface area contributed by atoms with Crippen LogP contribution in [0.25, 0.3) is 0 Å². The predicted octanol–water partition coefficient (Wildman–Crippen LogP) is 4.77. The molecule has 2 aromatic heterocycles. The Bertz CT molecular complexity index is 844. The van der Waals surface area contributed by atoms with Crippen LogP contribution in [0.15, 0.2) is 18.2 Å². The molecule has 0 aromatic carbocycles. The van der Waals surface area contributed by atoms with Gasteiger partial charge in [-0.15, -0.1) is 0 Å². The van der Waals surface area contributed by atoms with Gasteiger partial charge in [-0.05, 0) is 46.2 Å². The van der Waals surface area contributed by atoms with Gasteiger partial charge in [0.25, 0.3) is 0 Å². The molecule has 1 fully saturated rings. The number of hydrogen-bond donors (Lipinski definition) is 0. The average Bonchev–Trinajstić information content (AvgIpc) is 3.12. The maximum absolute atomic E-state index is 14.6. The molecule has 30 heavy (non-hydrogen) atoms. The van der Waals surface area contributed by atoms with Gasteiger partial charge in [-0.25, -0.2) is 9.37 Å². The van der Waals surface area contributed by atoms with Crippen LogP contribution in [0.5, 0.6) is 11.6 Å². The third-order valence-corrected chi connectivity index (χ3v) is 5.69. The summed E-state index contributed by atoms with van der Waals surface area (Å²) in [5, 5.41) is 0. The van der Waals surface area contributed by atoms with Gasteiger partial charge in [0.05, 0.1) is 24.9 Å². The summed E-state index contributed by atoms with van der Waals surface area (Å²) in [6.07, 6.45) is 2.94. The number of likely N-dealkylation sites (tertiary alicyclic amines) is 1. The Morgan fingerprint density at radius 1 is 1.23 bits per heavy atom. The summed E-state index contributed by atoms with van der Waals surface area (Å²) in [5.41, 5.74) is 3.30.